The highest BCUT2D eigenvalue weighted by Crippen LogP contribution is 2.27. The Kier molecular flexibility index (Phi) is 6.57. The van der Waals surface area contributed by atoms with Gasteiger partial charge in [0.25, 0.3) is 0 Å². The van der Waals surface area contributed by atoms with Gasteiger partial charge in [-0.25, -0.2) is 0 Å². The number of hydrogen-bond acceptors (Lipinski definition) is 4. The lowest BCUT2D eigenvalue weighted by molar-refractivity contribution is 0.336. The maximum absolute atomic E-state index is 5.43. The first kappa shape index (κ1) is 20.7. The largest absolute Gasteiger partial charge is 0.265 e. The molecule has 7 heteroatoms. The van der Waals surface area contributed by atoms with Crippen molar-refractivity contribution in [1.82, 2.24) is 24.7 Å². The van der Waals surface area contributed by atoms with Crippen LogP contribution in [0.3, 0.4) is 0 Å². The summed E-state index contributed by atoms with van der Waals surface area (Å²) in [5, 5.41) is 16.7. The number of aromatic nitrogens is 5. The quantitative estimate of drug-likeness (QED) is 0.420. The van der Waals surface area contributed by atoms with Crippen LogP contribution in [-0.2, 0) is 13.0 Å². The van der Waals surface area contributed by atoms with Gasteiger partial charge in [-0.3, -0.25) is 9.78 Å². The van der Waals surface area contributed by atoms with E-state index >= 15 is 0 Å². The van der Waals surface area contributed by atoms with Crippen LogP contribution in [0, 0.1) is 24.5 Å². The van der Waals surface area contributed by atoms with Crippen molar-refractivity contribution < 1.29 is 0 Å². The third-order valence-corrected chi connectivity index (χ3v) is 6.40. The summed E-state index contributed by atoms with van der Waals surface area (Å²) in [6.07, 6.45) is 10.7. The van der Waals surface area contributed by atoms with Crippen LogP contribution in [0.1, 0.15) is 66.9 Å². The van der Waals surface area contributed by atoms with Crippen LogP contribution in [0.2, 0.25) is 0 Å². The van der Waals surface area contributed by atoms with Gasteiger partial charge in [0.15, 0.2) is 5.82 Å². The molecule has 0 amide bonds. The second-order valence-corrected chi connectivity index (χ2v) is 8.66. The molecule has 1 fully saturated rings. The Labute approximate surface area is 183 Å². The van der Waals surface area contributed by atoms with E-state index in [9.17, 15) is 0 Å². The monoisotopic (exact) mass is 422 g/mol. The number of aromatic amines is 1. The average Bonchev–Trinajstić information content (AvgIpc) is 3.25. The molecule has 2 aromatic heterocycles. The van der Waals surface area contributed by atoms with Crippen LogP contribution in [-0.4, -0.2) is 30.9 Å². The van der Waals surface area contributed by atoms with Gasteiger partial charge >= 0.3 is 0 Å². The summed E-state index contributed by atoms with van der Waals surface area (Å²) in [4.78, 5) is 0. The number of H-pyrrole nitrogens is 1. The first-order valence-electron chi connectivity index (χ1n) is 10.9. The van der Waals surface area contributed by atoms with E-state index in [0.717, 1.165) is 48.1 Å². The van der Waals surface area contributed by atoms with Gasteiger partial charge in [0.1, 0.15) is 0 Å². The van der Waals surface area contributed by atoms with Crippen molar-refractivity contribution in [2.75, 3.05) is 0 Å². The summed E-state index contributed by atoms with van der Waals surface area (Å²) in [5.74, 6) is 1.72. The molecule has 0 unspecified atom stereocenters. The highest BCUT2D eigenvalue weighted by Gasteiger charge is 2.16. The molecule has 0 spiro atoms. The van der Waals surface area contributed by atoms with Crippen molar-refractivity contribution in [1.29, 1.82) is 0 Å². The van der Waals surface area contributed by atoms with Crippen molar-refractivity contribution in [3.63, 3.8) is 0 Å². The van der Waals surface area contributed by atoms with E-state index in [1.807, 2.05) is 23.9 Å². The molecule has 0 aliphatic heterocycles. The van der Waals surface area contributed by atoms with Gasteiger partial charge in [0.05, 0.1) is 18.5 Å². The van der Waals surface area contributed by atoms with E-state index in [4.69, 9.17) is 17.3 Å². The standard InChI is InChI=1S/C23H30N6S/c1-17-21(18(2)28(27-17)16-20-11-7-4-8-12-20)15-24-29-22(25-26-23(29)30)14-13-19-9-5-3-6-10-19/h4,7-8,11-12,15,19H,3,5-6,9-10,13-14,16H2,1-2H3,(H,26,30). The smallest absolute Gasteiger partial charge is 0.216 e. The summed E-state index contributed by atoms with van der Waals surface area (Å²) < 4.78 is 4.34. The zero-order chi connectivity index (χ0) is 20.9. The minimum atomic E-state index is 0.539. The maximum atomic E-state index is 5.43. The Morgan fingerprint density at radius 3 is 2.70 bits per heavy atom. The molecule has 158 valence electrons. The molecule has 2 heterocycles. The summed E-state index contributed by atoms with van der Waals surface area (Å²) >= 11 is 5.43. The molecule has 6 nitrogen and oxygen atoms in total. The zero-order valence-electron chi connectivity index (χ0n) is 17.8. The second kappa shape index (κ2) is 9.51. The van der Waals surface area contributed by atoms with Crippen LogP contribution >= 0.6 is 12.2 Å². The van der Waals surface area contributed by atoms with Crippen molar-refractivity contribution in [3.8, 4) is 0 Å². The second-order valence-electron chi connectivity index (χ2n) is 8.27. The SMILES string of the molecule is Cc1nn(Cc2ccccc2)c(C)c1C=Nn1c(CCC2CCCCC2)n[nH]c1=S. The van der Waals surface area contributed by atoms with Gasteiger partial charge in [-0.1, -0.05) is 62.4 Å². The van der Waals surface area contributed by atoms with Crippen molar-refractivity contribution in [2.45, 2.75) is 65.3 Å². The maximum Gasteiger partial charge on any atom is 0.216 e. The van der Waals surface area contributed by atoms with Gasteiger partial charge in [-0.15, -0.1) is 0 Å². The van der Waals surface area contributed by atoms with Crippen LogP contribution < -0.4 is 0 Å². The molecule has 0 atom stereocenters. The Bertz CT molecular complexity index is 1050. The van der Waals surface area contributed by atoms with E-state index in [1.165, 1.54) is 37.7 Å². The lowest BCUT2D eigenvalue weighted by Crippen LogP contribution is -2.09. The van der Waals surface area contributed by atoms with Crippen LogP contribution in [0.15, 0.2) is 35.4 Å². The Hall–Kier alpha value is -2.54. The van der Waals surface area contributed by atoms with E-state index in [0.29, 0.717) is 4.77 Å². The fourth-order valence-corrected chi connectivity index (χ4v) is 4.54. The summed E-state index contributed by atoms with van der Waals surface area (Å²) in [7, 11) is 0. The third kappa shape index (κ3) is 4.78. The van der Waals surface area contributed by atoms with Gasteiger partial charge in [0, 0.05) is 17.7 Å². The molecule has 1 aliphatic rings. The number of nitrogens with zero attached hydrogens (tertiary/aromatic N) is 5. The molecule has 1 aliphatic carbocycles. The highest BCUT2D eigenvalue weighted by molar-refractivity contribution is 7.71. The Morgan fingerprint density at radius 2 is 1.93 bits per heavy atom. The molecule has 4 rings (SSSR count). The van der Waals surface area contributed by atoms with E-state index in [1.54, 1.807) is 4.68 Å². The van der Waals surface area contributed by atoms with Gasteiger partial charge in [-0.05, 0) is 44.0 Å². The minimum absolute atomic E-state index is 0.539. The van der Waals surface area contributed by atoms with Crippen molar-refractivity contribution in [2.24, 2.45) is 11.0 Å². The lowest BCUT2D eigenvalue weighted by Gasteiger charge is -2.20. The minimum Gasteiger partial charge on any atom is -0.265 e. The molecule has 0 saturated heterocycles. The summed E-state index contributed by atoms with van der Waals surface area (Å²) in [5.41, 5.74) is 4.32. The van der Waals surface area contributed by atoms with Crippen LogP contribution in [0.5, 0.6) is 0 Å². The molecular weight excluding hydrogens is 392 g/mol. The third-order valence-electron chi connectivity index (χ3n) is 6.13. The first-order chi connectivity index (χ1) is 14.6. The molecule has 3 aromatic rings. The number of benzene rings is 1. The van der Waals surface area contributed by atoms with Gasteiger partial charge in [-0.2, -0.15) is 20.0 Å². The fraction of sp³-hybridized carbons (Fsp3) is 0.478. The number of nitrogens with one attached hydrogen (secondary N) is 1. The molecule has 30 heavy (non-hydrogen) atoms. The molecule has 1 saturated carbocycles. The molecule has 0 bridgehead atoms. The summed E-state index contributed by atoms with van der Waals surface area (Å²) in [6.45, 7) is 4.86. The molecule has 1 N–H and O–H groups in total. The van der Waals surface area contributed by atoms with Gasteiger partial charge in [0.2, 0.25) is 4.77 Å². The number of hydrogen-bond donors (Lipinski definition) is 1. The molecule has 0 radical (unpaired) electrons. The van der Waals surface area contributed by atoms with E-state index in [-0.39, 0.29) is 0 Å². The zero-order valence-corrected chi connectivity index (χ0v) is 18.7. The van der Waals surface area contributed by atoms with Crippen LogP contribution in [0.4, 0.5) is 0 Å². The van der Waals surface area contributed by atoms with E-state index < -0.39 is 0 Å². The average molecular weight is 423 g/mol. The number of rotatable bonds is 7. The van der Waals surface area contributed by atoms with Gasteiger partial charge < -0.3 is 0 Å². The lowest BCUT2D eigenvalue weighted by atomic mass is 9.86. The predicted molar refractivity (Wildman–Crippen MR) is 123 cm³/mol. The predicted octanol–water partition coefficient (Wildman–Crippen LogP) is 5.20. The topological polar surface area (TPSA) is 63.8 Å². The van der Waals surface area contributed by atoms with Crippen molar-refractivity contribution >= 4 is 18.4 Å². The number of aryl methyl sites for hydroxylation is 2. The molecular formula is C23H30N6S. The normalized spacial score (nSPS) is 15.3. The summed E-state index contributed by atoms with van der Waals surface area (Å²) in [6, 6.07) is 10.4. The first-order valence-corrected chi connectivity index (χ1v) is 11.3. The Balaban J connectivity index is 1.50. The molecule has 1 aromatic carbocycles. The highest BCUT2D eigenvalue weighted by atomic mass is 32.1. The van der Waals surface area contributed by atoms with Crippen molar-refractivity contribution in [3.05, 3.63) is 63.4 Å². The fourth-order valence-electron chi connectivity index (χ4n) is 4.34. The van der Waals surface area contributed by atoms with Crippen LogP contribution in [0.25, 0.3) is 0 Å². The van der Waals surface area contributed by atoms with E-state index in [2.05, 4.69) is 46.5 Å². The Morgan fingerprint density at radius 1 is 1.17 bits per heavy atom.